The van der Waals surface area contributed by atoms with Gasteiger partial charge < -0.3 is 9.47 Å². The maximum absolute atomic E-state index is 11.5. The zero-order chi connectivity index (χ0) is 9.65. The summed E-state index contributed by atoms with van der Waals surface area (Å²) in [6, 6.07) is 0. The average Bonchev–Trinajstić information content (AvgIpc) is 2.49. The number of hydrogen-bond donors (Lipinski definition) is 0. The van der Waals surface area contributed by atoms with Crippen LogP contribution < -0.4 is 0 Å². The van der Waals surface area contributed by atoms with Crippen molar-refractivity contribution in [1.82, 2.24) is 0 Å². The first kappa shape index (κ1) is 8.62. The molecule has 0 aromatic rings. The fraction of sp³-hybridized carbons (Fsp3) is 0.727. The maximum atomic E-state index is 11.5. The van der Waals surface area contributed by atoms with E-state index in [0.29, 0.717) is 6.42 Å². The molecule has 1 heterocycles. The van der Waals surface area contributed by atoms with Gasteiger partial charge in [-0.1, -0.05) is 12.5 Å². The van der Waals surface area contributed by atoms with Crippen LogP contribution in [-0.4, -0.2) is 17.4 Å². The summed E-state index contributed by atoms with van der Waals surface area (Å²) in [5, 5.41) is 0. The number of rotatable bonds is 0. The number of hydrogen-bond acceptors (Lipinski definition) is 3. The van der Waals surface area contributed by atoms with E-state index in [4.69, 9.17) is 9.47 Å². The molecule has 3 nitrogen and oxygen atoms in total. The summed E-state index contributed by atoms with van der Waals surface area (Å²) in [7, 11) is 0. The van der Waals surface area contributed by atoms with Crippen molar-refractivity contribution in [3.63, 3.8) is 0 Å². The van der Waals surface area contributed by atoms with E-state index in [-0.39, 0.29) is 5.78 Å². The summed E-state index contributed by atoms with van der Waals surface area (Å²) in [6.45, 7) is 0. The molecule has 0 aromatic carbocycles. The first-order valence-corrected chi connectivity index (χ1v) is 5.36. The molecule has 2 aliphatic carbocycles. The summed E-state index contributed by atoms with van der Waals surface area (Å²) in [6.07, 6.45) is 9.47. The predicted molar refractivity (Wildman–Crippen MR) is 49.5 cm³/mol. The first-order chi connectivity index (χ1) is 6.75. The van der Waals surface area contributed by atoms with E-state index in [2.05, 4.69) is 0 Å². The van der Waals surface area contributed by atoms with Gasteiger partial charge in [0.2, 0.25) is 0 Å². The lowest BCUT2D eigenvalue weighted by molar-refractivity contribution is -0.476. The Hall–Kier alpha value is -0.670. The lowest BCUT2D eigenvalue weighted by Gasteiger charge is -2.54. The highest BCUT2D eigenvalue weighted by Gasteiger charge is 2.61. The van der Waals surface area contributed by atoms with E-state index < -0.39 is 11.6 Å². The second-order valence-electron chi connectivity index (χ2n) is 4.37. The molecule has 0 unspecified atom stereocenters. The van der Waals surface area contributed by atoms with Gasteiger partial charge in [0.05, 0.1) is 0 Å². The minimum Gasteiger partial charge on any atom is -0.308 e. The third-order valence-electron chi connectivity index (χ3n) is 3.32. The van der Waals surface area contributed by atoms with Crippen LogP contribution in [0.15, 0.2) is 12.2 Å². The van der Waals surface area contributed by atoms with Crippen LogP contribution in [0.4, 0.5) is 0 Å². The summed E-state index contributed by atoms with van der Waals surface area (Å²) in [5.74, 6) is -1.34. The number of carbonyl (C=O) groups is 1. The summed E-state index contributed by atoms with van der Waals surface area (Å²) in [5.41, 5.74) is 0. The lowest BCUT2D eigenvalue weighted by atomic mass is 9.91. The molecule has 14 heavy (non-hydrogen) atoms. The minimum absolute atomic E-state index is 0.0497. The number of ether oxygens (including phenoxy) is 2. The maximum Gasteiger partial charge on any atom is 0.254 e. The summed E-state index contributed by atoms with van der Waals surface area (Å²) >= 11 is 0. The monoisotopic (exact) mass is 194 g/mol. The molecule has 0 aromatic heterocycles. The van der Waals surface area contributed by atoms with Crippen molar-refractivity contribution in [3.8, 4) is 0 Å². The third kappa shape index (κ3) is 1.03. The molecule has 76 valence electrons. The van der Waals surface area contributed by atoms with Gasteiger partial charge in [-0.05, 0) is 18.9 Å². The van der Waals surface area contributed by atoms with Crippen LogP contribution in [0.3, 0.4) is 0 Å². The van der Waals surface area contributed by atoms with Crippen LogP contribution in [-0.2, 0) is 14.3 Å². The number of ketones is 1. The van der Waals surface area contributed by atoms with Gasteiger partial charge >= 0.3 is 0 Å². The van der Waals surface area contributed by atoms with Gasteiger partial charge in [-0.25, -0.2) is 0 Å². The molecule has 0 amide bonds. The summed E-state index contributed by atoms with van der Waals surface area (Å²) < 4.78 is 11.5. The molecule has 3 rings (SSSR count). The fourth-order valence-electron chi connectivity index (χ4n) is 2.59. The molecular weight excluding hydrogens is 180 g/mol. The van der Waals surface area contributed by atoms with Crippen molar-refractivity contribution >= 4 is 5.78 Å². The van der Waals surface area contributed by atoms with Gasteiger partial charge in [0.25, 0.3) is 5.79 Å². The molecule has 0 atom stereocenters. The Labute approximate surface area is 83.1 Å². The predicted octanol–water partition coefficient (Wildman–Crippen LogP) is 1.92. The Morgan fingerprint density at radius 1 is 1.14 bits per heavy atom. The van der Waals surface area contributed by atoms with Crippen LogP contribution in [0.1, 0.15) is 38.5 Å². The first-order valence-electron chi connectivity index (χ1n) is 5.36. The topological polar surface area (TPSA) is 35.5 Å². The molecule has 0 radical (unpaired) electrons. The van der Waals surface area contributed by atoms with Gasteiger partial charge in [-0.2, -0.15) is 0 Å². The van der Waals surface area contributed by atoms with Crippen LogP contribution in [0.25, 0.3) is 0 Å². The average molecular weight is 194 g/mol. The summed E-state index contributed by atoms with van der Waals surface area (Å²) in [4.78, 5) is 11.5. The van der Waals surface area contributed by atoms with Crippen molar-refractivity contribution in [1.29, 1.82) is 0 Å². The Morgan fingerprint density at radius 3 is 2.43 bits per heavy atom. The third-order valence-corrected chi connectivity index (χ3v) is 3.32. The van der Waals surface area contributed by atoms with Crippen LogP contribution >= 0.6 is 0 Å². The Morgan fingerprint density at radius 2 is 1.86 bits per heavy atom. The van der Waals surface area contributed by atoms with Gasteiger partial charge in [-0.15, -0.1) is 0 Å². The molecule has 1 aliphatic heterocycles. The highest BCUT2D eigenvalue weighted by molar-refractivity contribution is 5.92. The number of carbonyl (C=O) groups excluding carboxylic acids is 1. The standard InChI is InChI=1S/C11H14O3/c12-9-5-4-8-11(9)13-10(14-11)6-2-1-3-7-10/h4,8H,1-3,5-7H2. The van der Waals surface area contributed by atoms with E-state index in [1.165, 1.54) is 6.42 Å². The smallest absolute Gasteiger partial charge is 0.254 e. The van der Waals surface area contributed by atoms with Gasteiger partial charge in [0.15, 0.2) is 11.6 Å². The van der Waals surface area contributed by atoms with Gasteiger partial charge in [-0.3, -0.25) is 4.79 Å². The van der Waals surface area contributed by atoms with Crippen molar-refractivity contribution < 1.29 is 14.3 Å². The molecule has 1 saturated heterocycles. The number of Topliss-reactive ketones (excluding diaryl/α,β-unsaturated/α-hetero) is 1. The van der Waals surface area contributed by atoms with Crippen molar-refractivity contribution in [2.24, 2.45) is 0 Å². The highest BCUT2D eigenvalue weighted by Crippen LogP contribution is 2.50. The molecule has 3 heteroatoms. The van der Waals surface area contributed by atoms with E-state index >= 15 is 0 Å². The molecule has 2 spiro atoms. The second-order valence-corrected chi connectivity index (χ2v) is 4.37. The van der Waals surface area contributed by atoms with Crippen LogP contribution in [0, 0.1) is 0 Å². The van der Waals surface area contributed by atoms with Gasteiger partial charge in [0.1, 0.15) is 0 Å². The van der Waals surface area contributed by atoms with Crippen molar-refractivity contribution in [2.75, 3.05) is 0 Å². The zero-order valence-electron chi connectivity index (χ0n) is 8.12. The van der Waals surface area contributed by atoms with E-state index in [0.717, 1.165) is 25.7 Å². The molecule has 0 bridgehead atoms. The van der Waals surface area contributed by atoms with Crippen LogP contribution in [0.5, 0.6) is 0 Å². The van der Waals surface area contributed by atoms with E-state index in [9.17, 15) is 4.79 Å². The minimum atomic E-state index is -0.975. The number of allylic oxidation sites excluding steroid dienone is 1. The normalized spacial score (nSPS) is 32.4. The Kier molecular flexibility index (Phi) is 1.65. The van der Waals surface area contributed by atoms with Gasteiger partial charge in [0, 0.05) is 19.3 Å². The van der Waals surface area contributed by atoms with Crippen molar-refractivity contribution in [3.05, 3.63) is 12.2 Å². The highest BCUT2D eigenvalue weighted by atomic mass is 16.9. The Balaban J connectivity index is 1.74. The van der Waals surface area contributed by atoms with Crippen molar-refractivity contribution in [2.45, 2.75) is 50.1 Å². The van der Waals surface area contributed by atoms with E-state index in [1.807, 2.05) is 6.08 Å². The lowest BCUT2D eigenvalue weighted by Crippen LogP contribution is -2.64. The largest absolute Gasteiger partial charge is 0.308 e. The quantitative estimate of drug-likeness (QED) is 0.553. The van der Waals surface area contributed by atoms with Crippen LogP contribution in [0.2, 0.25) is 0 Å². The SMILES string of the molecule is O=C1CC=CC12OC1(CCCCC1)O2. The second kappa shape index (κ2) is 2.67. The van der Waals surface area contributed by atoms with E-state index in [1.54, 1.807) is 6.08 Å². The fourth-order valence-corrected chi connectivity index (χ4v) is 2.59. The molecule has 2 fully saturated rings. The molecule has 3 aliphatic rings. The molecule has 0 N–H and O–H groups in total. The zero-order valence-corrected chi connectivity index (χ0v) is 8.12. The Bertz CT molecular complexity index is 292. The molecular formula is C11H14O3. The molecule has 1 saturated carbocycles.